The second kappa shape index (κ2) is 50.3. The lowest BCUT2D eigenvalue weighted by Crippen LogP contribution is -2.37. The van der Waals surface area contributed by atoms with Gasteiger partial charge < -0.3 is 50.8 Å². The van der Waals surface area contributed by atoms with Crippen LogP contribution in [0, 0.1) is 82.3 Å². The predicted molar refractivity (Wildman–Crippen MR) is 418 cm³/mol. The standard InChI is InChI=1S/C16H23NO4.C13H24O2.C12H15NO4.C12H23NO2.C9H7NO2.C9H16O2.C8H15NO2.C4H2O3.C2H4/c1-16(2,3)21-15(20)12-6-4-11(5-7-12)10-17-13(18)8-9-14(17)19;1-5-10-6-8-11(9-7-10)12(14)15-13(2,3)4;14-10-5-6-11(15)13(10)7-8-1-3-9(4-2-8)12(16)17;1-12(2,3)15-11(14)10-6-4-9(8-13)5-7-10;10-6-5-7-1-3-8(4-2-7)9(11)12;1-2-7-3-5-8(6-4-7)9(10)11;9-5-6-1-3-7(4-2-6)8(10)11;5-3-1-2-4(6)7-3;1-2/h8-9,11-12H,4-7,10H2,1-3H3;10-11H,5-9H2,1-4H3;5-6,8-9H,1-4,7H2,(H,16,17);9-10H,4-8,13H2,1-3H3;1-4H,5H2,(H,11,12);7-8H,2-6H2,1H3,(H,10,11);6-7H,1-5,9H2,(H,10,11);1-2H;1-2H2. The van der Waals surface area contributed by atoms with Crippen LogP contribution in [0.2, 0.25) is 0 Å². The number of rotatable bonds is 16. The van der Waals surface area contributed by atoms with Gasteiger partial charge in [-0.25, -0.2) is 14.4 Å². The van der Waals surface area contributed by atoms with Crippen LogP contribution in [0.3, 0.4) is 0 Å². The molecule has 0 aromatic heterocycles. The number of aromatic carboxylic acids is 1. The number of carbonyl (C=O) groups is 13. The molecular formula is C85H129N5O21. The highest BCUT2D eigenvalue weighted by molar-refractivity contribution is 6.13. The summed E-state index contributed by atoms with van der Waals surface area (Å²) in [4.78, 5) is 146. The molecule has 0 atom stereocenters. The number of carboxylic acid groups (broad SMARTS) is 4. The number of imide groups is 2. The largest absolute Gasteiger partial charge is 0.481 e. The number of aliphatic carboxylic acids is 3. The zero-order chi connectivity index (χ0) is 83.8. The van der Waals surface area contributed by atoms with E-state index in [1.54, 1.807) is 12.1 Å². The molecule has 26 nitrogen and oxygen atoms in total. The van der Waals surface area contributed by atoms with Crippen molar-refractivity contribution < 1.29 is 102 Å². The first kappa shape index (κ1) is 98.4. The molecule has 3 heterocycles. The maximum atomic E-state index is 12.0. The van der Waals surface area contributed by atoms with Crippen LogP contribution < -0.4 is 11.5 Å². The Morgan fingerprint density at radius 2 is 0.658 bits per heavy atom. The number of nitrogens with zero attached hydrogens (tertiary/aromatic N) is 3. The van der Waals surface area contributed by atoms with E-state index in [1.807, 2.05) is 68.4 Å². The normalized spacial score (nSPS) is 25.2. The summed E-state index contributed by atoms with van der Waals surface area (Å²) in [7, 11) is 0. The molecule has 6 fully saturated rings. The molecule has 0 bridgehead atoms. The summed E-state index contributed by atoms with van der Waals surface area (Å²) in [6, 6.07) is 8.27. The van der Waals surface area contributed by atoms with Crippen molar-refractivity contribution in [2.75, 3.05) is 26.2 Å². The highest BCUT2D eigenvalue weighted by Gasteiger charge is 2.36. The lowest BCUT2D eigenvalue weighted by Gasteiger charge is -2.31. The molecule has 3 aliphatic heterocycles. The third kappa shape index (κ3) is 39.9. The van der Waals surface area contributed by atoms with Gasteiger partial charge in [0, 0.05) is 49.5 Å². The number of esters is 5. The number of nitrogens with two attached hydrogens (primary N) is 2. The highest BCUT2D eigenvalue weighted by atomic mass is 16.6. The van der Waals surface area contributed by atoms with Gasteiger partial charge in [0.15, 0.2) is 0 Å². The minimum atomic E-state index is -0.946. The van der Waals surface area contributed by atoms with Gasteiger partial charge in [0.05, 0.1) is 53.6 Å². The van der Waals surface area contributed by atoms with Crippen molar-refractivity contribution in [3.8, 4) is 6.07 Å². The number of carboxylic acids is 4. The fourth-order valence-electron chi connectivity index (χ4n) is 14.1. The molecule has 6 aliphatic carbocycles. The van der Waals surface area contributed by atoms with Gasteiger partial charge in [-0.3, -0.25) is 57.7 Å². The van der Waals surface area contributed by atoms with Gasteiger partial charge in [-0.05, 0) is 283 Å². The van der Waals surface area contributed by atoms with E-state index in [-0.39, 0.29) is 106 Å². The van der Waals surface area contributed by atoms with Gasteiger partial charge in [0.25, 0.3) is 23.6 Å². The maximum Gasteiger partial charge on any atom is 0.338 e. The molecule has 0 spiro atoms. The van der Waals surface area contributed by atoms with E-state index >= 15 is 0 Å². The SMILES string of the molecule is C=C.CC(C)(C)OC(=O)C1CCC(CN)CC1.CC(C)(C)OC(=O)C1CCC(CN2C(=O)C=CC2=O)CC1.CCC1CCC(C(=O)O)CC1.CCC1CCC(C(=O)OC(C)(C)C)CC1.N#CCc1ccc(C(=O)O)cc1.NCC1CCC(C(=O)O)CC1.O=C(O)C1CCC(CN2C(=O)C=CC2=O)CC1.O=C1C=CC(=O)O1. The predicted octanol–water partition coefficient (Wildman–Crippen LogP) is 13.5. The summed E-state index contributed by atoms with van der Waals surface area (Å²) >= 11 is 0. The van der Waals surface area contributed by atoms with E-state index in [0.29, 0.717) is 50.7 Å². The fourth-order valence-corrected chi connectivity index (χ4v) is 14.1. The molecule has 111 heavy (non-hydrogen) atoms. The van der Waals surface area contributed by atoms with Gasteiger partial charge in [0.1, 0.15) is 16.8 Å². The third-order valence-corrected chi connectivity index (χ3v) is 20.9. The number of amides is 4. The van der Waals surface area contributed by atoms with Crippen LogP contribution in [0.4, 0.5) is 0 Å². The number of ether oxygens (including phenoxy) is 4. The number of benzene rings is 1. The summed E-state index contributed by atoms with van der Waals surface area (Å²) in [6.07, 6.45) is 32.3. The number of cyclic esters (lactones) is 2. The minimum Gasteiger partial charge on any atom is -0.481 e. The van der Waals surface area contributed by atoms with Crippen molar-refractivity contribution in [2.24, 2.45) is 82.5 Å². The Balaban J connectivity index is 0.000000435. The van der Waals surface area contributed by atoms with E-state index in [0.717, 1.165) is 165 Å². The molecule has 620 valence electrons. The zero-order valence-corrected chi connectivity index (χ0v) is 67.8. The van der Waals surface area contributed by atoms with E-state index in [4.69, 9.17) is 51.4 Å². The molecule has 0 radical (unpaired) electrons. The van der Waals surface area contributed by atoms with Crippen molar-refractivity contribution in [3.63, 3.8) is 0 Å². The first-order chi connectivity index (χ1) is 52.2. The van der Waals surface area contributed by atoms with Crippen molar-refractivity contribution in [3.05, 3.63) is 85.0 Å². The highest BCUT2D eigenvalue weighted by Crippen LogP contribution is 2.36. The Hall–Kier alpha value is -8.70. The van der Waals surface area contributed by atoms with Crippen LogP contribution in [0.5, 0.6) is 0 Å². The lowest BCUT2D eigenvalue weighted by atomic mass is 9.81. The first-order valence-electron chi connectivity index (χ1n) is 39.7. The van der Waals surface area contributed by atoms with Crippen LogP contribution in [0.1, 0.15) is 259 Å². The Labute approximate surface area is 657 Å². The van der Waals surface area contributed by atoms with E-state index < -0.39 is 41.4 Å². The van der Waals surface area contributed by atoms with Crippen LogP contribution in [-0.4, -0.2) is 151 Å². The van der Waals surface area contributed by atoms with Crippen molar-refractivity contribution in [2.45, 2.75) is 266 Å². The quantitative estimate of drug-likeness (QED) is 0.0294. The van der Waals surface area contributed by atoms with Crippen LogP contribution in [0.15, 0.2) is 73.9 Å². The topological polar surface area (TPSA) is 422 Å². The Morgan fingerprint density at radius 3 is 0.856 bits per heavy atom. The molecule has 8 N–H and O–H groups in total. The fraction of sp³-hybridized carbons (Fsp3) is 0.671. The average molecular weight is 1560 g/mol. The van der Waals surface area contributed by atoms with Gasteiger partial charge >= 0.3 is 53.7 Å². The van der Waals surface area contributed by atoms with Crippen LogP contribution in [0.25, 0.3) is 0 Å². The molecular weight excluding hydrogens is 1430 g/mol. The lowest BCUT2D eigenvalue weighted by molar-refractivity contribution is -0.162. The Morgan fingerprint density at radius 1 is 0.414 bits per heavy atom. The van der Waals surface area contributed by atoms with E-state index in [1.165, 1.54) is 71.9 Å². The third-order valence-electron chi connectivity index (χ3n) is 20.9. The maximum absolute atomic E-state index is 12.0. The Kier molecular flexibility index (Phi) is 44.6. The summed E-state index contributed by atoms with van der Waals surface area (Å²) in [5.74, 6) is -2.02. The Bertz CT molecular complexity index is 3150. The first-order valence-corrected chi connectivity index (χ1v) is 39.7. The molecule has 0 saturated heterocycles. The average Bonchev–Trinajstić information content (AvgIpc) is 1.79. The molecule has 4 amide bonds. The molecule has 9 aliphatic rings. The summed E-state index contributed by atoms with van der Waals surface area (Å²) in [5, 5.41) is 43.1. The number of carbonyl (C=O) groups excluding carboxylic acids is 9. The van der Waals surface area contributed by atoms with Crippen molar-refractivity contribution in [1.82, 2.24) is 9.80 Å². The molecule has 1 aromatic rings. The monoisotopic (exact) mass is 1560 g/mol. The van der Waals surface area contributed by atoms with Crippen molar-refractivity contribution in [1.29, 1.82) is 5.26 Å². The van der Waals surface area contributed by atoms with Crippen LogP contribution in [-0.2, 0) is 82.9 Å². The van der Waals surface area contributed by atoms with Gasteiger partial charge in [0.2, 0.25) is 0 Å². The number of hydrogen-bond donors (Lipinski definition) is 6. The smallest absolute Gasteiger partial charge is 0.338 e. The molecule has 0 unspecified atom stereocenters. The summed E-state index contributed by atoms with van der Waals surface area (Å²) < 4.78 is 20.2. The minimum absolute atomic E-state index is 0.0112. The van der Waals surface area contributed by atoms with E-state index in [9.17, 15) is 62.3 Å². The summed E-state index contributed by atoms with van der Waals surface area (Å²) in [6.45, 7) is 29.9. The second-order valence-corrected chi connectivity index (χ2v) is 32.9. The van der Waals surface area contributed by atoms with Gasteiger partial charge in [-0.1, -0.05) is 38.8 Å². The molecule has 10 rings (SSSR count). The molecule has 1 aromatic carbocycles. The zero-order valence-electron chi connectivity index (χ0n) is 67.8. The number of nitriles is 1. The summed E-state index contributed by atoms with van der Waals surface area (Å²) in [5.41, 5.74) is 11.0. The number of hydrogen-bond acceptors (Lipinski definition) is 20. The second-order valence-electron chi connectivity index (χ2n) is 32.9. The van der Waals surface area contributed by atoms with E-state index in [2.05, 4.69) is 31.7 Å². The van der Waals surface area contributed by atoms with Crippen LogP contribution >= 0.6 is 0 Å². The molecule has 6 saturated carbocycles. The van der Waals surface area contributed by atoms with Crippen molar-refractivity contribution >= 4 is 77.4 Å². The van der Waals surface area contributed by atoms with Gasteiger partial charge in [-0.2, -0.15) is 5.26 Å². The van der Waals surface area contributed by atoms with Gasteiger partial charge in [-0.15, -0.1) is 13.2 Å². The molecule has 26 heteroatoms.